The van der Waals surface area contributed by atoms with Crippen LogP contribution in [0.2, 0.25) is 5.02 Å². The van der Waals surface area contributed by atoms with E-state index in [-0.39, 0.29) is 18.4 Å². The van der Waals surface area contributed by atoms with Gasteiger partial charge in [-0.25, -0.2) is 8.42 Å². The molecule has 2 aromatic carbocycles. The monoisotopic (exact) mass is 523 g/mol. The molecule has 1 N–H and O–H groups in total. The Hall–Kier alpha value is -2.78. The fraction of sp³-hybridized carbons (Fsp3) is 0.440. The number of nitrogens with zero attached hydrogens (tertiary/aromatic N) is 2. The third-order valence-corrected chi connectivity index (χ3v) is 6.83. The van der Waals surface area contributed by atoms with Crippen LogP contribution in [0.1, 0.15) is 31.9 Å². The van der Waals surface area contributed by atoms with E-state index in [4.69, 9.17) is 16.3 Å². The van der Waals surface area contributed by atoms with E-state index in [2.05, 4.69) is 5.32 Å². The van der Waals surface area contributed by atoms with Gasteiger partial charge in [0.2, 0.25) is 21.8 Å². The van der Waals surface area contributed by atoms with Crippen molar-refractivity contribution in [2.24, 2.45) is 5.92 Å². The van der Waals surface area contributed by atoms with E-state index >= 15 is 0 Å². The number of hydrogen-bond acceptors (Lipinski definition) is 5. The molecular formula is C25H34ClN3O5S. The van der Waals surface area contributed by atoms with Crippen molar-refractivity contribution in [3.8, 4) is 5.75 Å². The number of carbonyl (C=O) groups excluding carboxylic acids is 2. The van der Waals surface area contributed by atoms with E-state index in [9.17, 15) is 18.0 Å². The number of nitrogens with one attached hydrogen (secondary N) is 1. The van der Waals surface area contributed by atoms with E-state index in [1.54, 1.807) is 63.4 Å². The number of carbonyl (C=O) groups is 2. The van der Waals surface area contributed by atoms with Crippen LogP contribution in [0.25, 0.3) is 0 Å². The summed E-state index contributed by atoms with van der Waals surface area (Å²) in [7, 11) is -2.25. The molecule has 35 heavy (non-hydrogen) atoms. The summed E-state index contributed by atoms with van der Waals surface area (Å²) in [6.07, 6.45) is 1.04. The molecule has 0 saturated heterocycles. The minimum absolute atomic E-state index is 0.121. The van der Waals surface area contributed by atoms with Gasteiger partial charge < -0.3 is 15.0 Å². The number of amides is 2. The Balaban J connectivity index is 2.39. The molecular weight excluding hydrogens is 490 g/mol. The fourth-order valence-corrected chi connectivity index (χ4v) is 4.59. The van der Waals surface area contributed by atoms with Crippen molar-refractivity contribution in [2.75, 3.05) is 30.8 Å². The van der Waals surface area contributed by atoms with Gasteiger partial charge in [0, 0.05) is 18.1 Å². The van der Waals surface area contributed by atoms with Gasteiger partial charge in [-0.15, -0.1) is 0 Å². The molecule has 0 fully saturated rings. The molecule has 192 valence electrons. The van der Waals surface area contributed by atoms with Crippen LogP contribution in [0, 0.1) is 12.8 Å². The maximum Gasteiger partial charge on any atom is 0.244 e. The number of methoxy groups -OCH3 is 1. The highest BCUT2D eigenvalue weighted by molar-refractivity contribution is 7.92. The molecule has 0 bridgehead atoms. The first kappa shape index (κ1) is 28.5. The Kier molecular flexibility index (Phi) is 9.97. The summed E-state index contributed by atoms with van der Waals surface area (Å²) < 4.78 is 31.6. The maximum atomic E-state index is 13.6. The van der Waals surface area contributed by atoms with Crippen molar-refractivity contribution >= 4 is 39.1 Å². The molecule has 0 saturated carbocycles. The fourth-order valence-electron chi connectivity index (χ4n) is 3.46. The normalized spacial score (nSPS) is 12.2. The number of halogens is 1. The van der Waals surface area contributed by atoms with Gasteiger partial charge >= 0.3 is 0 Å². The molecule has 0 aromatic heterocycles. The molecule has 0 radical (unpaired) electrons. The number of benzene rings is 2. The second-order valence-electron chi connectivity index (χ2n) is 8.89. The zero-order valence-electron chi connectivity index (χ0n) is 21.0. The Labute approximate surface area is 213 Å². The zero-order valence-corrected chi connectivity index (χ0v) is 22.6. The van der Waals surface area contributed by atoms with Crippen LogP contribution in [0.15, 0.2) is 42.5 Å². The van der Waals surface area contributed by atoms with E-state index in [0.29, 0.717) is 28.6 Å². The van der Waals surface area contributed by atoms with Gasteiger partial charge in [0.1, 0.15) is 18.3 Å². The Morgan fingerprint density at radius 1 is 1.09 bits per heavy atom. The number of aryl methyl sites for hydroxylation is 1. The lowest BCUT2D eigenvalue weighted by Crippen LogP contribution is -2.51. The molecule has 8 nitrogen and oxygen atoms in total. The first-order valence-corrected chi connectivity index (χ1v) is 13.5. The number of sulfonamides is 1. The zero-order chi connectivity index (χ0) is 26.3. The summed E-state index contributed by atoms with van der Waals surface area (Å²) in [5.41, 5.74) is 1.74. The molecule has 2 rings (SSSR count). The Morgan fingerprint density at radius 2 is 1.71 bits per heavy atom. The summed E-state index contributed by atoms with van der Waals surface area (Å²) in [6.45, 7) is 7.44. The van der Waals surface area contributed by atoms with Crippen molar-refractivity contribution < 1.29 is 22.7 Å². The lowest BCUT2D eigenvalue weighted by molar-refractivity contribution is -0.139. The average Bonchev–Trinajstić information content (AvgIpc) is 2.79. The topological polar surface area (TPSA) is 96.0 Å². The SMILES string of the molecule is COc1ccc(CN(C(=O)CN(c2ccc(Cl)cc2C)S(C)(=O)=O)[C@H](C)C(=O)NCC(C)C)cc1. The van der Waals surface area contributed by atoms with Crippen molar-refractivity contribution in [3.63, 3.8) is 0 Å². The molecule has 2 amide bonds. The molecule has 0 aliphatic carbocycles. The van der Waals surface area contributed by atoms with Crippen LogP contribution in [-0.4, -0.2) is 57.6 Å². The summed E-state index contributed by atoms with van der Waals surface area (Å²) >= 11 is 6.04. The van der Waals surface area contributed by atoms with Crippen LogP contribution in [-0.2, 0) is 26.2 Å². The molecule has 0 aliphatic heterocycles. The van der Waals surface area contributed by atoms with Gasteiger partial charge in [-0.05, 0) is 61.2 Å². The largest absolute Gasteiger partial charge is 0.497 e. The Bertz CT molecular complexity index is 1140. The van der Waals surface area contributed by atoms with E-state index in [0.717, 1.165) is 16.1 Å². The molecule has 0 heterocycles. The van der Waals surface area contributed by atoms with Crippen LogP contribution in [0.4, 0.5) is 5.69 Å². The predicted molar refractivity (Wildman–Crippen MR) is 139 cm³/mol. The number of rotatable bonds is 11. The van der Waals surface area contributed by atoms with Gasteiger partial charge in [0.15, 0.2) is 0 Å². The summed E-state index contributed by atoms with van der Waals surface area (Å²) in [6, 6.07) is 11.1. The van der Waals surface area contributed by atoms with Gasteiger partial charge in [-0.3, -0.25) is 13.9 Å². The standard InChI is InChI=1S/C25H34ClN3O5S/c1-17(2)14-27-25(31)19(4)28(15-20-7-10-22(34-5)11-8-20)24(30)16-29(35(6,32)33)23-12-9-21(26)13-18(23)3/h7-13,17,19H,14-16H2,1-6H3,(H,27,31)/t19-/m1/s1. The van der Waals surface area contributed by atoms with Crippen molar-refractivity contribution in [1.29, 1.82) is 0 Å². The lowest BCUT2D eigenvalue weighted by atomic mass is 10.1. The maximum absolute atomic E-state index is 13.6. The Morgan fingerprint density at radius 3 is 2.23 bits per heavy atom. The van der Waals surface area contributed by atoms with Gasteiger partial charge in [-0.2, -0.15) is 0 Å². The lowest BCUT2D eigenvalue weighted by Gasteiger charge is -2.32. The smallest absolute Gasteiger partial charge is 0.244 e. The van der Waals surface area contributed by atoms with Crippen molar-refractivity contribution in [1.82, 2.24) is 10.2 Å². The number of hydrogen-bond donors (Lipinski definition) is 1. The van der Waals surface area contributed by atoms with Crippen LogP contribution < -0.4 is 14.4 Å². The van der Waals surface area contributed by atoms with E-state index < -0.39 is 28.5 Å². The second kappa shape index (κ2) is 12.3. The van der Waals surface area contributed by atoms with E-state index in [1.165, 1.54) is 4.90 Å². The third kappa shape index (κ3) is 8.14. The predicted octanol–water partition coefficient (Wildman–Crippen LogP) is 3.61. The highest BCUT2D eigenvalue weighted by atomic mass is 35.5. The highest BCUT2D eigenvalue weighted by Crippen LogP contribution is 2.26. The second-order valence-corrected chi connectivity index (χ2v) is 11.2. The number of ether oxygens (including phenoxy) is 1. The minimum Gasteiger partial charge on any atom is -0.497 e. The van der Waals surface area contributed by atoms with Crippen LogP contribution >= 0.6 is 11.6 Å². The van der Waals surface area contributed by atoms with Crippen LogP contribution in [0.3, 0.4) is 0 Å². The minimum atomic E-state index is -3.81. The van der Waals surface area contributed by atoms with Crippen molar-refractivity contribution in [3.05, 3.63) is 58.6 Å². The molecule has 0 spiro atoms. The molecule has 0 unspecified atom stereocenters. The average molecular weight is 524 g/mol. The first-order valence-electron chi connectivity index (χ1n) is 11.3. The van der Waals surface area contributed by atoms with Gasteiger partial charge in [0.05, 0.1) is 19.1 Å². The number of anilines is 1. The molecule has 1 atom stereocenters. The van der Waals surface area contributed by atoms with Gasteiger partial charge in [-0.1, -0.05) is 37.6 Å². The third-order valence-electron chi connectivity index (χ3n) is 5.47. The molecule has 0 aliphatic rings. The van der Waals surface area contributed by atoms with E-state index in [1.807, 2.05) is 13.8 Å². The first-order chi connectivity index (χ1) is 16.3. The summed E-state index contributed by atoms with van der Waals surface area (Å²) in [5, 5.41) is 3.31. The van der Waals surface area contributed by atoms with Crippen LogP contribution in [0.5, 0.6) is 5.75 Å². The molecule has 10 heteroatoms. The molecule has 2 aromatic rings. The quantitative estimate of drug-likeness (QED) is 0.485. The summed E-state index contributed by atoms with van der Waals surface area (Å²) in [5.74, 6) is 0.0863. The van der Waals surface area contributed by atoms with Crippen molar-refractivity contribution in [2.45, 2.75) is 40.3 Å². The van der Waals surface area contributed by atoms with Gasteiger partial charge in [0.25, 0.3) is 0 Å². The summed E-state index contributed by atoms with van der Waals surface area (Å²) in [4.78, 5) is 27.8. The highest BCUT2D eigenvalue weighted by Gasteiger charge is 2.30.